The molecule has 324 valence electrons. The molecule has 0 aliphatic carbocycles. The average molecular weight is 855 g/mol. The Bertz CT molecular complexity index is 1780. The smallest absolute Gasteiger partial charge is 0.190 e. The highest BCUT2D eigenvalue weighted by molar-refractivity contribution is 7.99. The molecular weight excluding hydrogens is 789 g/mol. The molecule has 6 aliphatic rings. The minimum atomic E-state index is 0.502. The zero-order valence-corrected chi connectivity index (χ0v) is 37.5. The third-order valence-corrected chi connectivity index (χ3v) is 16.2. The molecule has 6 fully saturated rings. The van der Waals surface area contributed by atoms with Crippen LogP contribution in [0.4, 0.5) is 11.4 Å². The molecule has 60 heavy (non-hydrogen) atoms. The predicted molar refractivity (Wildman–Crippen MR) is 243 cm³/mol. The number of thioether (sulfide) groups is 2. The van der Waals surface area contributed by atoms with E-state index in [1.165, 1.54) is 89.4 Å². The molecule has 8 heterocycles. The van der Waals surface area contributed by atoms with E-state index in [4.69, 9.17) is 9.47 Å². The van der Waals surface area contributed by atoms with Crippen LogP contribution in [0.25, 0.3) is 0 Å². The lowest BCUT2D eigenvalue weighted by atomic mass is 10.00. The normalized spacial score (nSPS) is 25.2. The molecule has 0 amide bonds. The molecular formula is C46H66N10O2S2. The Morgan fingerprint density at radius 2 is 0.950 bits per heavy atom. The van der Waals surface area contributed by atoms with E-state index in [0.29, 0.717) is 23.9 Å². The van der Waals surface area contributed by atoms with Gasteiger partial charge in [-0.2, -0.15) is 0 Å². The summed E-state index contributed by atoms with van der Waals surface area (Å²) in [6, 6.07) is 23.3. The van der Waals surface area contributed by atoms with Crippen LogP contribution in [0.3, 0.4) is 0 Å². The van der Waals surface area contributed by atoms with E-state index in [-0.39, 0.29) is 0 Å². The first-order valence-corrected chi connectivity index (χ1v) is 24.8. The summed E-state index contributed by atoms with van der Waals surface area (Å²) >= 11 is 3.71. The summed E-state index contributed by atoms with van der Waals surface area (Å²) in [5.41, 5.74) is 2.79. The van der Waals surface area contributed by atoms with Crippen LogP contribution in [-0.2, 0) is 23.6 Å². The molecule has 6 saturated heterocycles. The van der Waals surface area contributed by atoms with E-state index < -0.39 is 0 Å². The van der Waals surface area contributed by atoms with Crippen LogP contribution in [0.15, 0.2) is 71.0 Å². The summed E-state index contributed by atoms with van der Waals surface area (Å²) in [6.07, 6.45) is 9.32. The van der Waals surface area contributed by atoms with E-state index in [1.807, 2.05) is 23.5 Å². The Balaban J connectivity index is 0.000000154. The summed E-state index contributed by atoms with van der Waals surface area (Å²) in [7, 11) is 4.24. The Morgan fingerprint density at radius 1 is 0.533 bits per heavy atom. The van der Waals surface area contributed by atoms with Gasteiger partial charge >= 0.3 is 0 Å². The third-order valence-electron chi connectivity index (χ3n) is 14.0. The van der Waals surface area contributed by atoms with Crippen LogP contribution in [-0.4, -0.2) is 142 Å². The van der Waals surface area contributed by atoms with E-state index in [9.17, 15) is 0 Å². The average Bonchev–Trinajstić information content (AvgIpc) is 4.16. The number of benzene rings is 2. The Morgan fingerprint density at radius 3 is 1.37 bits per heavy atom. The molecule has 0 spiro atoms. The molecule has 12 nitrogen and oxygen atoms in total. The molecule has 6 aliphatic heterocycles. The van der Waals surface area contributed by atoms with Gasteiger partial charge in [0.15, 0.2) is 10.3 Å². The van der Waals surface area contributed by atoms with E-state index in [1.54, 1.807) is 0 Å². The minimum absolute atomic E-state index is 0.502. The molecule has 2 aromatic carbocycles. The fourth-order valence-corrected chi connectivity index (χ4v) is 12.5. The largest absolute Gasteiger partial charge is 0.381 e. The number of aromatic nitrogens is 6. The minimum Gasteiger partial charge on any atom is -0.381 e. The molecule has 0 bridgehead atoms. The summed E-state index contributed by atoms with van der Waals surface area (Å²) in [4.78, 5) is 10.6. The van der Waals surface area contributed by atoms with E-state index >= 15 is 0 Å². The first kappa shape index (κ1) is 42.2. The van der Waals surface area contributed by atoms with Gasteiger partial charge in [-0.1, -0.05) is 59.9 Å². The van der Waals surface area contributed by atoms with Gasteiger partial charge in [0.25, 0.3) is 0 Å². The summed E-state index contributed by atoms with van der Waals surface area (Å²) in [5.74, 6) is 7.15. The van der Waals surface area contributed by atoms with Crippen LogP contribution in [0, 0.1) is 11.8 Å². The molecule has 4 aromatic rings. The lowest BCUT2D eigenvalue weighted by Gasteiger charge is -2.27. The molecule has 10 rings (SSSR count). The first-order chi connectivity index (χ1) is 29.6. The number of hydrogen-bond donors (Lipinski definition) is 0. The van der Waals surface area contributed by atoms with Crippen molar-refractivity contribution in [1.82, 2.24) is 39.3 Å². The Hall–Kier alpha value is -3.14. The number of para-hydroxylation sites is 2. The third kappa shape index (κ3) is 9.89. The zero-order valence-electron chi connectivity index (χ0n) is 35.9. The van der Waals surface area contributed by atoms with Gasteiger partial charge in [-0.3, -0.25) is 0 Å². The fourth-order valence-electron chi connectivity index (χ4n) is 10.8. The lowest BCUT2D eigenvalue weighted by Crippen LogP contribution is -2.35. The maximum atomic E-state index is 5.48. The Labute approximate surface area is 366 Å². The second-order valence-electron chi connectivity index (χ2n) is 17.8. The molecule has 0 N–H and O–H groups in total. The van der Waals surface area contributed by atoms with Gasteiger partial charge in [0.05, 0.1) is 0 Å². The molecule has 4 atom stereocenters. The lowest BCUT2D eigenvalue weighted by molar-refractivity contribution is 0.0828. The maximum Gasteiger partial charge on any atom is 0.190 e. The Kier molecular flexibility index (Phi) is 14.3. The first-order valence-electron chi connectivity index (χ1n) is 22.9. The number of likely N-dealkylation sites (tertiary alicyclic amines) is 2. The topological polar surface area (TPSA) is 92.8 Å². The van der Waals surface area contributed by atoms with Crippen LogP contribution >= 0.6 is 23.5 Å². The van der Waals surface area contributed by atoms with Gasteiger partial charge in [-0.15, -0.1) is 20.4 Å². The quantitative estimate of drug-likeness (QED) is 0.0987. The number of fused-ring (bicyclic) bond motifs is 2. The van der Waals surface area contributed by atoms with Crippen molar-refractivity contribution >= 4 is 34.9 Å². The van der Waals surface area contributed by atoms with Crippen molar-refractivity contribution in [2.24, 2.45) is 25.9 Å². The fraction of sp³-hybridized carbons (Fsp3) is 0.652. The highest BCUT2D eigenvalue weighted by Crippen LogP contribution is 2.37. The summed E-state index contributed by atoms with van der Waals surface area (Å²) < 4.78 is 15.4. The van der Waals surface area contributed by atoms with Crippen molar-refractivity contribution in [2.75, 3.05) is 100 Å². The maximum absolute atomic E-state index is 5.48. The van der Waals surface area contributed by atoms with Gasteiger partial charge in [0, 0.05) is 127 Å². The van der Waals surface area contributed by atoms with Crippen molar-refractivity contribution in [3.63, 3.8) is 0 Å². The molecule has 0 saturated carbocycles. The van der Waals surface area contributed by atoms with Crippen molar-refractivity contribution < 1.29 is 9.47 Å². The van der Waals surface area contributed by atoms with Crippen molar-refractivity contribution in [1.29, 1.82) is 0 Å². The van der Waals surface area contributed by atoms with Crippen LogP contribution in [0.1, 0.15) is 74.9 Å². The van der Waals surface area contributed by atoms with Crippen LogP contribution < -0.4 is 9.80 Å². The number of nitrogens with zero attached hydrogens (tertiary/aromatic N) is 10. The highest BCUT2D eigenvalue weighted by atomic mass is 32.2. The monoisotopic (exact) mass is 854 g/mol. The SMILES string of the molecule is Cn1c(SCCCN2C[C@@H]3CCN(c4ccccc4)[C@@H]3C2)nnc1C1CCOCC1.Cn1c(SCCCN2C[C@H]3CCN(c4ccccc4)[C@H]3C2)nnc1C1CCOCC1. The van der Waals surface area contributed by atoms with Gasteiger partial charge in [0.2, 0.25) is 0 Å². The van der Waals surface area contributed by atoms with Crippen LogP contribution in [0.2, 0.25) is 0 Å². The molecule has 2 aromatic heterocycles. The van der Waals surface area contributed by atoms with E-state index in [0.717, 1.165) is 97.4 Å². The zero-order chi connectivity index (χ0) is 40.7. The molecule has 0 radical (unpaired) electrons. The number of rotatable bonds is 14. The predicted octanol–water partition coefficient (Wildman–Crippen LogP) is 6.80. The number of ether oxygens (including phenoxy) is 2. The summed E-state index contributed by atoms with van der Waals surface area (Å²) in [5, 5.41) is 20.0. The summed E-state index contributed by atoms with van der Waals surface area (Å²) in [6.45, 7) is 13.1. The van der Waals surface area contributed by atoms with Gasteiger partial charge in [-0.25, -0.2) is 0 Å². The van der Waals surface area contributed by atoms with Crippen LogP contribution in [0.5, 0.6) is 0 Å². The molecule has 14 heteroatoms. The van der Waals surface area contributed by atoms with Crippen molar-refractivity contribution in [3.8, 4) is 0 Å². The van der Waals surface area contributed by atoms with Gasteiger partial charge < -0.3 is 38.2 Å². The number of hydrogen-bond acceptors (Lipinski definition) is 12. The second-order valence-corrected chi connectivity index (χ2v) is 19.9. The molecule has 0 unspecified atom stereocenters. The van der Waals surface area contributed by atoms with Crippen molar-refractivity contribution in [3.05, 3.63) is 72.3 Å². The number of anilines is 2. The van der Waals surface area contributed by atoms with E-state index in [2.05, 4.69) is 124 Å². The highest BCUT2D eigenvalue weighted by Gasteiger charge is 2.42. The standard InChI is InChI=1S/2C23H33N5OS/c2*1-26-22(18-9-13-29-14-10-18)24-25-23(26)30-15-5-11-27-16-19-8-12-28(21(19)17-27)20-6-3-2-4-7-20/h2*2-4,6-7,18-19,21H,5,8-17H2,1H3/t2*19-,21+/m10/s1. The van der Waals surface area contributed by atoms with Crippen molar-refractivity contribution in [2.45, 2.75) is 85.6 Å². The van der Waals surface area contributed by atoms with Gasteiger partial charge in [0.1, 0.15) is 11.6 Å². The second kappa shape index (κ2) is 20.4. The van der Waals surface area contributed by atoms with Gasteiger partial charge in [-0.05, 0) is 101 Å².